The van der Waals surface area contributed by atoms with E-state index in [1.54, 1.807) is 0 Å². The van der Waals surface area contributed by atoms with Crippen molar-refractivity contribution in [3.8, 4) is 5.75 Å². The van der Waals surface area contributed by atoms with Crippen LogP contribution in [0.15, 0.2) is 24.4 Å². The molecular weight excluding hydrogens is 248 g/mol. The maximum atomic E-state index is 6.17. The normalized spacial score (nSPS) is 24.9. The summed E-state index contributed by atoms with van der Waals surface area (Å²) in [4.78, 5) is 0. The third-order valence-electron chi connectivity index (χ3n) is 4.26. The largest absolute Gasteiger partial charge is 0.490 e. The first-order chi connectivity index (χ1) is 9.85. The number of benzene rings is 1. The minimum atomic E-state index is 0.383. The van der Waals surface area contributed by atoms with Crippen molar-refractivity contribution in [3.63, 3.8) is 0 Å². The van der Waals surface area contributed by atoms with Crippen molar-refractivity contribution >= 4 is 6.08 Å². The molecule has 1 heterocycles. The van der Waals surface area contributed by atoms with Gasteiger partial charge in [0, 0.05) is 12.6 Å². The number of rotatable bonds is 4. The predicted octanol–water partition coefficient (Wildman–Crippen LogP) is 3.06. The average molecular weight is 272 g/mol. The van der Waals surface area contributed by atoms with Crippen molar-refractivity contribution in [3.05, 3.63) is 35.5 Å². The summed E-state index contributed by atoms with van der Waals surface area (Å²) in [6.45, 7) is 4.17. The van der Waals surface area contributed by atoms with Gasteiger partial charge in [-0.1, -0.05) is 13.0 Å². The van der Waals surface area contributed by atoms with Gasteiger partial charge in [-0.2, -0.15) is 0 Å². The van der Waals surface area contributed by atoms with Gasteiger partial charge < -0.3 is 15.4 Å². The molecule has 1 fully saturated rings. The maximum Gasteiger partial charge on any atom is 0.120 e. The van der Waals surface area contributed by atoms with Crippen molar-refractivity contribution in [1.29, 1.82) is 0 Å². The summed E-state index contributed by atoms with van der Waals surface area (Å²) < 4.78 is 6.17. The smallest absolute Gasteiger partial charge is 0.120 e. The van der Waals surface area contributed by atoms with E-state index in [9.17, 15) is 0 Å². The summed E-state index contributed by atoms with van der Waals surface area (Å²) in [5.41, 5.74) is 2.62. The lowest BCUT2D eigenvalue weighted by atomic mass is 9.93. The molecule has 108 valence electrons. The molecule has 1 aromatic carbocycles. The van der Waals surface area contributed by atoms with Crippen LogP contribution in [0.25, 0.3) is 6.08 Å². The number of nitrogens with one attached hydrogen (secondary N) is 2. The Hall–Kier alpha value is -1.48. The number of ether oxygens (including phenoxy) is 1. The first-order valence-electron chi connectivity index (χ1n) is 7.78. The standard InChI is InChI=1S/C17H24N2O/c1-2-19-15-4-7-16(8-5-15)20-17-6-3-14-12-18-10-9-13(14)11-17/h3,6,9-11,15-16,18-19H,2,4-5,7-8,12H2,1H3. The van der Waals surface area contributed by atoms with E-state index >= 15 is 0 Å². The molecule has 0 saturated heterocycles. The van der Waals surface area contributed by atoms with Crippen LogP contribution in [0.3, 0.4) is 0 Å². The summed E-state index contributed by atoms with van der Waals surface area (Å²) in [5, 5.41) is 6.77. The first kappa shape index (κ1) is 13.5. The van der Waals surface area contributed by atoms with Crippen molar-refractivity contribution in [2.75, 3.05) is 6.54 Å². The van der Waals surface area contributed by atoms with Gasteiger partial charge in [0.15, 0.2) is 0 Å². The van der Waals surface area contributed by atoms with Gasteiger partial charge in [-0.05, 0) is 67.8 Å². The summed E-state index contributed by atoms with van der Waals surface area (Å²) >= 11 is 0. The molecule has 1 aliphatic heterocycles. The molecule has 1 aliphatic carbocycles. The van der Waals surface area contributed by atoms with E-state index < -0.39 is 0 Å². The van der Waals surface area contributed by atoms with Gasteiger partial charge in [0.05, 0.1) is 6.10 Å². The van der Waals surface area contributed by atoms with Crippen molar-refractivity contribution in [2.45, 2.75) is 51.3 Å². The molecule has 0 amide bonds. The highest BCUT2D eigenvalue weighted by atomic mass is 16.5. The topological polar surface area (TPSA) is 33.3 Å². The van der Waals surface area contributed by atoms with Crippen LogP contribution >= 0.6 is 0 Å². The second kappa shape index (κ2) is 6.31. The van der Waals surface area contributed by atoms with Gasteiger partial charge in [0.1, 0.15) is 5.75 Å². The lowest BCUT2D eigenvalue weighted by molar-refractivity contribution is 0.140. The van der Waals surface area contributed by atoms with Gasteiger partial charge in [0.2, 0.25) is 0 Å². The first-order valence-corrected chi connectivity index (χ1v) is 7.78. The van der Waals surface area contributed by atoms with Crippen molar-refractivity contribution in [1.82, 2.24) is 10.6 Å². The zero-order valence-electron chi connectivity index (χ0n) is 12.2. The molecule has 0 spiro atoms. The third kappa shape index (κ3) is 3.15. The highest BCUT2D eigenvalue weighted by Crippen LogP contribution is 2.26. The molecule has 1 aromatic rings. The Balaban J connectivity index is 1.58. The fourth-order valence-electron chi connectivity index (χ4n) is 3.15. The molecule has 20 heavy (non-hydrogen) atoms. The van der Waals surface area contributed by atoms with Crippen LogP contribution in [0.4, 0.5) is 0 Å². The molecule has 3 heteroatoms. The third-order valence-corrected chi connectivity index (χ3v) is 4.26. The molecule has 0 unspecified atom stereocenters. The average Bonchev–Trinajstić information content (AvgIpc) is 2.49. The summed E-state index contributed by atoms with van der Waals surface area (Å²) in [7, 11) is 0. The van der Waals surface area contributed by atoms with Crippen LogP contribution in [0.1, 0.15) is 43.7 Å². The predicted molar refractivity (Wildman–Crippen MR) is 82.7 cm³/mol. The van der Waals surface area contributed by atoms with E-state index in [0.29, 0.717) is 12.1 Å². The van der Waals surface area contributed by atoms with E-state index in [0.717, 1.165) is 31.7 Å². The van der Waals surface area contributed by atoms with Gasteiger partial charge in [0.25, 0.3) is 0 Å². The van der Waals surface area contributed by atoms with E-state index in [2.05, 4.69) is 41.8 Å². The second-order valence-electron chi connectivity index (χ2n) is 5.72. The Morgan fingerprint density at radius 3 is 2.90 bits per heavy atom. The number of hydrogen-bond donors (Lipinski definition) is 2. The Bertz CT molecular complexity index is 476. The Kier molecular flexibility index (Phi) is 4.26. The fourth-order valence-corrected chi connectivity index (χ4v) is 3.15. The molecule has 2 aliphatic rings. The van der Waals surface area contributed by atoms with Gasteiger partial charge >= 0.3 is 0 Å². The van der Waals surface area contributed by atoms with Crippen LogP contribution in [0, 0.1) is 0 Å². The lowest BCUT2D eigenvalue weighted by Gasteiger charge is -2.29. The SMILES string of the molecule is CCNC1CCC(Oc2ccc3c(c2)C=CNC3)CC1. The van der Waals surface area contributed by atoms with Crippen LogP contribution in [0.5, 0.6) is 5.75 Å². The Morgan fingerprint density at radius 1 is 1.25 bits per heavy atom. The van der Waals surface area contributed by atoms with Crippen LogP contribution < -0.4 is 15.4 Å². The molecule has 0 radical (unpaired) electrons. The highest BCUT2D eigenvalue weighted by molar-refractivity contribution is 5.57. The van der Waals surface area contributed by atoms with Gasteiger partial charge in [-0.15, -0.1) is 0 Å². The molecule has 0 atom stereocenters. The summed E-state index contributed by atoms with van der Waals surface area (Å²) in [6.07, 6.45) is 9.29. The Labute approximate surface area is 121 Å². The Morgan fingerprint density at radius 2 is 2.10 bits per heavy atom. The monoisotopic (exact) mass is 272 g/mol. The summed E-state index contributed by atoms with van der Waals surface area (Å²) in [5.74, 6) is 1.02. The minimum Gasteiger partial charge on any atom is -0.490 e. The number of fused-ring (bicyclic) bond motifs is 1. The zero-order chi connectivity index (χ0) is 13.8. The quantitative estimate of drug-likeness (QED) is 0.884. The number of hydrogen-bond acceptors (Lipinski definition) is 3. The van der Waals surface area contributed by atoms with E-state index in [-0.39, 0.29) is 0 Å². The second-order valence-corrected chi connectivity index (χ2v) is 5.72. The molecule has 3 rings (SSSR count). The highest BCUT2D eigenvalue weighted by Gasteiger charge is 2.21. The molecule has 2 N–H and O–H groups in total. The lowest BCUT2D eigenvalue weighted by Crippen LogP contribution is -2.36. The zero-order valence-corrected chi connectivity index (χ0v) is 12.2. The van der Waals surface area contributed by atoms with Gasteiger partial charge in [-0.3, -0.25) is 0 Å². The van der Waals surface area contributed by atoms with Crippen LogP contribution in [0.2, 0.25) is 0 Å². The van der Waals surface area contributed by atoms with E-state index in [1.165, 1.54) is 24.0 Å². The molecule has 1 saturated carbocycles. The minimum absolute atomic E-state index is 0.383. The van der Waals surface area contributed by atoms with Crippen LogP contribution in [-0.4, -0.2) is 18.7 Å². The molecule has 0 aromatic heterocycles. The van der Waals surface area contributed by atoms with Crippen molar-refractivity contribution in [2.24, 2.45) is 0 Å². The maximum absolute atomic E-state index is 6.17. The van der Waals surface area contributed by atoms with E-state index in [1.807, 2.05) is 6.20 Å². The van der Waals surface area contributed by atoms with Crippen molar-refractivity contribution < 1.29 is 4.74 Å². The fraction of sp³-hybridized carbons (Fsp3) is 0.529. The molecule has 3 nitrogen and oxygen atoms in total. The van der Waals surface area contributed by atoms with E-state index in [4.69, 9.17) is 4.74 Å². The van der Waals surface area contributed by atoms with Gasteiger partial charge in [-0.25, -0.2) is 0 Å². The van der Waals surface area contributed by atoms with Crippen LogP contribution in [-0.2, 0) is 6.54 Å². The molecule has 0 bridgehead atoms. The molecular formula is C17H24N2O. The summed E-state index contributed by atoms with van der Waals surface area (Å²) in [6, 6.07) is 7.14.